The second-order valence-corrected chi connectivity index (χ2v) is 5.40. The summed E-state index contributed by atoms with van der Waals surface area (Å²) in [4.78, 5) is 4.61. The molecule has 3 aromatic rings. The Bertz CT molecular complexity index is 815. The van der Waals surface area contributed by atoms with E-state index in [4.69, 9.17) is 0 Å². The molecule has 1 aliphatic heterocycles. The van der Waals surface area contributed by atoms with Crippen LogP contribution < -0.4 is 4.57 Å². The number of pyridine rings is 1. The summed E-state index contributed by atoms with van der Waals surface area (Å²) in [6.45, 7) is 5.06. The number of benzene rings is 1. The van der Waals surface area contributed by atoms with Crippen LogP contribution in [-0.2, 0) is 6.67 Å². The van der Waals surface area contributed by atoms with Crippen molar-refractivity contribution in [2.45, 2.75) is 20.5 Å². The summed E-state index contributed by atoms with van der Waals surface area (Å²) in [7, 11) is 0. The van der Waals surface area contributed by atoms with Crippen molar-refractivity contribution in [1.29, 1.82) is 0 Å². The van der Waals surface area contributed by atoms with Gasteiger partial charge in [-0.2, -0.15) is 4.57 Å². The van der Waals surface area contributed by atoms with Gasteiger partial charge < -0.3 is 0 Å². The SMILES string of the molecule is Cc1cc[n+]2c(c1)-c1ccccc1-c1ncc(C)n1C2. The van der Waals surface area contributed by atoms with Gasteiger partial charge in [-0.3, -0.25) is 4.57 Å². The van der Waals surface area contributed by atoms with Crippen molar-refractivity contribution >= 4 is 0 Å². The van der Waals surface area contributed by atoms with Gasteiger partial charge in [0.25, 0.3) is 0 Å². The quantitative estimate of drug-likeness (QED) is 0.446. The Labute approximate surface area is 118 Å². The normalized spacial score (nSPS) is 12.3. The molecule has 0 aliphatic carbocycles. The van der Waals surface area contributed by atoms with Gasteiger partial charge >= 0.3 is 0 Å². The number of hydrogen-bond donors (Lipinski definition) is 0. The van der Waals surface area contributed by atoms with Crippen LogP contribution in [0.2, 0.25) is 0 Å². The summed E-state index contributed by atoms with van der Waals surface area (Å²) in [6, 6.07) is 12.9. The summed E-state index contributed by atoms with van der Waals surface area (Å²) in [5.41, 5.74) is 6.18. The Morgan fingerprint density at radius 3 is 2.75 bits per heavy atom. The average molecular weight is 262 g/mol. The maximum atomic E-state index is 4.61. The first-order chi connectivity index (χ1) is 9.74. The van der Waals surface area contributed by atoms with Gasteiger partial charge in [0.05, 0.1) is 5.56 Å². The van der Waals surface area contributed by atoms with Gasteiger partial charge in [-0.05, 0) is 25.5 Å². The molecule has 98 valence electrons. The van der Waals surface area contributed by atoms with E-state index in [1.807, 2.05) is 6.20 Å². The van der Waals surface area contributed by atoms with Crippen LogP contribution in [0.5, 0.6) is 0 Å². The Balaban J connectivity index is 2.12. The van der Waals surface area contributed by atoms with Crippen LogP contribution in [0.4, 0.5) is 0 Å². The summed E-state index contributed by atoms with van der Waals surface area (Å²) in [5, 5.41) is 0. The zero-order valence-electron chi connectivity index (χ0n) is 11.7. The van der Waals surface area contributed by atoms with Crippen LogP contribution in [0.15, 0.2) is 48.8 Å². The lowest BCUT2D eigenvalue weighted by atomic mass is 10.0. The maximum absolute atomic E-state index is 4.61. The molecule has 2 aromatic heterocycles. The largest absolute Gasteiger partial charge is 0.272 e. The summed E-state index contributed by atoms with van der Waals surface area (Å²) < 4.78 is 4.56. The second-order valence-electron chi connectivity index (χ2n) is 5.40. The van der Waals surface area contributed by atoms with Gasteiger partial charge in [-0.15, -0.1) is 0 Å². The predicted molar refractivity (Wildman–Crippen MR) is 78.2 cm³/mol. The van der Waals surface area contributed by atoms with E-state index in [-0.39, 0.29) is 0 Å². The van der Waals surface area contributed by atoms with E-state index >= 15 is 0 Å². The third kappa shape index (κ3) is 1.53. The Kier molecular flexibility index (Phi) is 2.30. The molecule has 0 N–H and O–H groups in total. The number of rotatable bonds is 0. The second kappa shape index (κ2) is 4.04. The molecule has 20 heavy (non-hydrogen) atoms. The monoisotopic (exact) mass is 262 g/mol. The van der Waals surface area contributed by atoms with Crippen LogP contribution in [0, 0.1) is 13.8 Å². The highest BCUT2D eigenvalue weighted by Crippen LogP contribution is 2.32. The molecule has 3 heterocycles. The lowest BCUT2D eigenvalue weighted by Crippen LogP contribution is -2.38. The van der Waals surface area contributed by atoms with Crippen LogP contribution in [0.25, 0.3) is 22.6 Å². The first-order valence-electron chi connectivity index (χ1n) is 6.86. The van der Waals surface area contributed by atoms with Crippen LogP contribution in [0.1, 0.15) is 11.3 Å². The van der Waals surface area contributed by atoms with E-state index in [1.54, 1.807) is 0 Å². The van der Waals surface area contributed by atoms with E-state index in [9.17, 15) is 0 Å². The average Bonchev–Trinajstić information content (AvgIpc) is 2.75. The minimum atomic E-state index is 0.811. The fourth-order valence-electron chi connectivity index (χ4n) is 2.90. The van der Waals surface area contributed by atoms with Gasteiger partial charge in [0.15, 0.2) is 6.20 Å². The van der Waals surface area contributed by atoms with E-state index in [0.717, 1.165) is 12.5 Å². The fourth-order valence-corrected chi connectivity index (χ4v) is 2.90. The standard InChI is InChI=1S/C17H16N3/c1-12-7-8-19-11-20-13(2)10-18-17(20)15-6-4-3-5-14(15)16(19)9-12/h3-10H,11H2,1-2H3/q+1. The van der Waals surface area contributed by atoms with Crippen molar-refractivity contribution < 1.29 is 4.57 Å². The molecule has 0 saturated carbocycles. The van der Waals surface area contributed by atoms with Gasteiger partial charge in [0.1, 0.15) is 5.82 Å². The third-order valence-electron chi connectivity index (χ3n) is 3.98. The van der Waals surface area contributed by atoms with Crippen molar-refractivity contribution in [1.82, 2.24) is 9.55 Å². The molecular formula is C17H16N3+. The number of fused-ring (bicyclic) bond motifs is 5. The topological polar surface area (TPSA) is 21.7 Å². The van der Waals surface area contributed by atoms with E-state index in [0.29, 0.717) is 0 Å². The minimum absolute atomic E-state index is 0.811. The van der Waals surface area contributed by atoms with Crippen molar-refractivity contribution in [2.24, 2.45) is 0 Å². The van der Waals surface area contributed by atoms with Gasteiger partial charge in [0.2, 0.25) is 12.4 Å². The minimum Gasteiger partial charge on any atom is -0.272 e. The highest BCUT2D eigenvalue weighted by molar-refractivity contribution is 5.78. The molecule has 0 saturated heterocycles. The molecule has 0 unspecified atom stereocenters. The molecule has 4 rings (SSSR count). The molecule has 0 amide bonds. The first kappa shape index (κ1) is 11.4. The number of hydrogen-bond acceptors (Lipinski definition) is 1. The smallest absolute Gasteiger partial charge is 0.229 e. The lowest BCUT2D eigenvalue weighted by molar-refractivity contribution is -0.690. The molecule has 0 radical (unpaired) electrons. The van der Waals surface area contributed by atoms with Crippen molar-refractivity contribution in [3.63, 3.8) is 0 Å². The zero-order valence-corrected chi connectivity index (χ0v) is 11.7. The highest BCUT2D eigenvalue weighted by atomic mass is 15.2. The molecule has 3 nitrogen and oxygen atoms in total. The Morgan fingerprint density at radius 1 is 1.10 bits per heavy atom. The Morgan fingerprint density at radius 2 is 1.90 bits per heavy atom. The number of nitrogens with zero attached hydrogens (tertiary/aromatic N) is 3. The van der Waals surface area contributed by atoms with Crippen molar-refractivity contribution in [3.8, 4) is 22.6 Å². The summed E-state index contributed by atoms with van der Waals surface area (Å²) in [6.07, 6.45) is 4.11. The van der Waals surface area contributed by atoms with E-state index in [1.165, 1.54) is 28.1 Å². The van der Waals surface area contributed by atoms with Crippen molar-refractivity contribution in [2.75, 3.05) is 0 Å². The molecule has 0 fully saturated rings. The number of aryl methyl sites for hydroxylation is 2. The number of aromatic nitrogens is 3. The van der Waals surface area contributed by atoms with E-state index in [2.05, 4.69) is 70.6 Å². The zero-order chi connectivity index (χ0) is 13.7. The summed E-state index contributed by atoms with van der Waals surface area (Å²) >= 11 is 0. The maximum Gasteiger partial charge on any atom is 0.229 e. The molecule has 0 bridgehead atoms. The van der Waals surface area contributed by atoms with Gasteiger partial charge in [-0.25, -0.2) is 4.98 Å². The third-order valence-corrected chi connectivity index (χ3v) is 3.98. The Hall–Kier alpha value is -2.42. The van der Waals surface area contributed by atoms with Crippen molar-refractivity contribution in [3.05, 3.63) is 60.0 Å². The lowest BCUT2D eigenvalue weighted by Gasteiger charge is -2.04. The molecule has 0 atom stereocenters. The molecule has 3 heteroatoms. The molecule has 1 aromatic carbocycles. The van der Waals surface area contributed by atoms with Gasteiger partial charge in [0, 0.05) is 29.6 Å². The first-order valence-corrected chi connectivity index (χ1v) is 6.86. The highest BCUT2D eigenvalue weighted by Gasteiger charge is 2.25. The molecular weight excluding hydrogens is 246 g/mol. The van der Waals surface area contributed by atoms with Crippen LogP contribution in [0.3, 0.4) is 0 Å². The number of imidazole rings is 1. The molecule has 1 aliphatic rings. The summed E-state index contributed by atoms with van der Waals surface area (Å²) in [5.74, 6) is 1.06. The van der Waals surface area contributed by atoms with E-state index < -0.39 is 0 Å². The fraction of sp³-hybridized carbons (Fsp3) is 0.176. The molecule has 0 spiro atoms. The van der Waals surface area contributed by atoms with Crippen LogP contribution in [-0.4, -0.2) is 9.55 Å². The van der Waals surface area contributed by atoms with Crippen LogP contribution >= 0.6 is 0 Å². The van der Waals surface area contributed by atoms with Gasteiger partial charge in [-0.1, -0.05) is 18.2 Å². The predicted octanol–water partition coefficient (Wildman–Crippen LogP) is 2.94.